The molecule has 1 N–H and O–H groups in total. The van der Waals surface area contributed by atoms with Crippen LogP contribution in [0.5, 0.6) is 0 Å². The van der Waals surface area contributed by atoms with Crippen LogP contribution in [0.1, 0.15) is 13.3 Å². The lowest BCUT2D eigenvalue weighted by atomic mass is 10.3. The van der Waals surface area contributed by atoms with Gasteiger partial charge in [-0.25, -0.2) is 22.2 Å². The number of sulfonamides is 1. The lowest BCUT2D eigenvalue weighted by molar-refractivity contribution is -0.120. The predicted octanol–water partition coefficient (Wildman–Crippen LogP) is 1.47. The fourth-order valence-corrected chi connectivity index (χ4v) is 3.13. The predicted molar refractivity (Wildman–Crippen MR) is 76.1 cm³/mol. The minimum atomic E-state index is -3.99. The molecule has 2 atom stereocenters. The van der Waals surface area contributed by atoms with Crippen molar-refractivity contribution in [2.45, 2.75) is 18.2 Å². The Morgan fingerprint density at radius 3 is 2.73 bits per heavy atom. The molecule has 0 aliphatic heterocycles. The van der Waals surface area contributed by atoms with E-state index in [1.807, 2.05) is 11.6 Å². The van der Waals surface area contributed by atoms with Gasteiger partial charge in [-0.1, -0.05) is 19.1 Å². The summed E-state index contributed by atoms with van der Waals surface area (Å²) in [5.41, 5.74) is 0.131. The summed E-state index contributed by atoms with van der Waals surface area (Å²) in [4.78, 5) is 11.6. The maximum atomic E-state index is 13.7. The van der Waals surface area contributed by atoms with Crippen LogP contribution >= 0.6 is 0 Å². The van der Waals surface area contributed by atoms with Crippen LogP contribution in [0.4, 0.5) is 4.39 Å². The van der Waals surface area contributed by atoms with E-state index in [4.69, 9.17) is 0 Å². The molecule has 22 heavy (non-hydrogen) atoms. The Bertz CT molecular complexity index is 831. The molecule has 6 nitrogen and oxygen atoms in total. The Hall–Kier alpha value is -2.22. The van der Waals surface area contributed by atoms with E-state index >= 15 is 0 Å². The van der Waals surface area contributed by atoms with Crippen molar-refractivity contribution in [1.29, 1.82) is 0 Å². The normalized spacial score (nSPS) is 20.6. The molecule has 1 aliphatic carbocycles. The summed E-state index contributed by atoms with van der Waals surface area (Å²) in [6.45, 7) is 1.88. The van der Waals surface area contributed by atoms with E-state index in [-0.39, 0.29) is 22.4 Å². The number of carbonyl (C=O) groups excluding carboxylic acids is 1. The highest BCUT2D eigenvalue weighted by atomic mass is 32.2. The van der Waals surface area contributed by atoms with Crippen LogP contribution in [-0.2, 0) is 14.8 Å². The first-order chi connectivity index (χ1) is 10.4. The number of nitrogens with one attached hydrogen (secondary N) is 1. The van der Waals surface area contributed by atoms with Gasteiger partial charge >= 0.3 is 0 Å². The molecular weight excluding hydrogens is 309 g/mol. The number of amides is 1. The molecule has 0 radical (unpaired) electrons. The summed E-state index contributed by atoms with van der Waals surface area (Å²) in [5, 5.41) is 3.84. The molecule has 0 spiro atoms. The van der Waals surface area contributed by atoms with E-state index in [0.29, 0.717) is 6.42 Å². The van der Waals surface area contributed by atoms with Crippen molar-refractivity contribution < 1.29 is 17.6 Å². The van der Waals surface area contributed by atoms with Gasteiger partial charge in [0.15, 0.2) is 0 Å². The minimum absolute atomic E-state index is 0.131. The molecule has 116 valence electrons. The third-order valence-electron chi connectivity index (χ3n) is 3.65. The van der Waals surface area contributed by atoms with Crippen molar-refractivity contribution >= 4 is 15.9 Å². The minimum Gasteiger partial charge on any atom is -0.274 e. The first-order valence-corrected chi connectivity index (χ1v) is 8.23. The van der Waals surface area contributed by atoms with Crippen LogP contribution < -0.4 is 4.72 Å². The lowest BCUT2D eigenvalue weighted by Crippen LogP contribution is -2.31. The van der Waals surface area contributed by atoms with E-state index in [2.05, 4.69) is 5.10 Å². The number of para-hydroxylation sites is 1. The molecule has 1 amide bonds. The monoisotopic (exact) mass is 323 g/mol. The second kappa shape index (κ2) is 5.20. The molecule has 1 aromatic heterocycles. The Kier molecular flexibility index (Phi) is 3.48. The highest BCUT2D eigenvalue weighted by Crippen LogP contribution is 2.37. The summed E-state index contributed by atoms with van der Waals surface area (Å²) < 4.78 is 41.1. The van der Waals surface area contributed by atoms with Crippen molar-refractivity contribution in [3.05, 3.63) is 42.5 Å². The molecule has 1 aromatic carbocycles. The average Bonchev–Trinajstić information content (AvgIpc) is 3.00. The standard InChI is InChI=1S/C14H14FN3O3S/c1-9-6-11(9)14(19)17-22(20,21)10-7-16-18(8-10)13-5-3-2-4-12(13)15/h2-5,7-9,11H,6H2,1H3,(H,17,19)/t9-,11-/m1/s1. The summed E-state index contributed by atoms with van der Waals surface area (Å²) in [7, 11) is -3.99. The molecule has 3 rings (SSSR count). The fourth-order valence-electron chi connectivity index (χ4n) is 2.17. The zero-order valence-corrected chi connectivity index (χ0v) is 12.5. The van der Waals surface area contributed by atoms with Crippen LogP contribution in [0.15, 0.2) is 41.6 Å². The average molecular weight is 323 g/mol. The van der Waals surface area contributed by atoms with Gasteiger partial charge in [-0.3, -0.25) is 4.79 Å². The summed E-state index contributed by atoms with van der Waals surface area (Å²) >= 11 is 0. The first kappa shape index (κ1) is 14.7. The third-order valence-corrected chi connectivity index (χ3v) is 4.95. The molecule has 0 bridgehead atoms. The number of aromatic nitrogens is 2. The Morgan fingerprint density at radius 1 is 1.41 bits per heavy atom. The largest absolute Gasteiger partial charge is 0.274 e. The zero-order chi connectivity index (χ0) is 15.9. The van der Waals surface area contributed by atoms with E-state index in [1.165, 1.54) is 24.4 Å². The van der Waals surface area contributed by atoms with Gasteiger partial charge in [0.05, 0.1) is 12.4 Å². The highest BCUT2D eigenvalue weighted by Gasteiger charge is 2.40. The summed E-state index contributed by atoms with van der Waals surface area (Å²) in [5.74, 6) is -1.08. The molecule has 1 aliphatic rings. The number of benzene rings is 1. The Labute approximate surface area is 127 Å². The fraction of sp³-hybridized carbons (Fsp3) is 0.286. The van der Waals surface area contributed by atoms with Crippen LogP contribution in [0.25, 0.3) is 5.69 Å². The Morgan fingerprint density at radius 2 is 2.09 bits per heavy atom. The van der Waals surface area contributed by atoms with Crippen molar-refractivity contribution in [3.8, 4) is 5.69 Å². The van der Waals surface area contributed by atoms with Crippen molar-refractivity contribution in [1.82, 2.24) is 14.5 Å². The van der Waals surface area contributed by atoms with Crippen LogP contribution in [0.3, 0.4) is 0 Å². The summed E-state index contributed by atoms with van der Waals surface area (Å²) in [6, 6.07) is 5.87. The number of hydrogen-bond donors (Lipinski definition) is 1. The molecule has 1 saturated carbocycles. The van der Waals surface area contributed by atoms with E-state index in [9.17, 15) is 17.6 Å². The van der Waals surface area contributed by atoms with Gasteiger partial charge in [0.25, 0.3) is 10.0 Å². The highest BCUT2D eigenvalue weighted by molar-refractivity contribution is 7.90. The molecule has 0 unspecified atom stereocenters. The van der Waals surface area contributed by atoms with Gasteiger partial charge in [0.1, 0.15) is 16.4 Å². The molecule has 1 heterocycles. The van der Waals surface area contributed by atoms with E-state index in [0.717, 1.165) is 10.9 Å². The topological polar surface area (TPSA) is 81.1 Å². The summed E-state index contributed by atoms with van der Waals surface area (Å²) in [6.07, 6.45) is 2.94. The van der Waals surface area contributed by atoms with Crippen molar-refractivity contribution in [2.24, 2.45) is 11.8 Å². The molecule has 1 fully saturated rings. The number of carbonyl (C=O) groups is 1. The number of rotatable bonds is 4. The van der Waals surface area contributed by atoms with Crippen LogP contribution in [0.2, 0.25) is 0 Å². The van der Waals surface area contributed by atoms with Crippen molar-refractivity contribution in [3.63, 3.8) is 0 Å². The quantitative estimate of drug-likeness (QED) is 0.924. The number of nitrogens with zero attached hydrogens (tertiary/aromatic N) is 2. The molecule has 0 saturated heterocycles. The number of halogens is 1. The van der Waals surface area contributed by atoms with Crippen LogP contribution in [-0.4, -0.2) is 24.1 Å². The lowest BCUT2D eigenvalue weighted by Gasteiger charge is -2.04. The third kappa shape index (κ3) is 2.74. The van der Waals surface area contributed by atoms with Crippen molar-refractivity contribution in [2.75, 3.05) is 0 Å². The second-order valence-corrected chi connectivity index (χ2v) is 7.04. The number of hydrogen-bond acceptors (Lipinski definition) is 4. The van der Waals surface area contributed by atoms with Gasteiger partial charge < -0.3 is 0 Å². The van der Waals surface area contributed by atoms with E-state index < -0.39 is 21.7 Å². The maximum absolute atomic E-state index is 13.7. The SMILES string of the molecule is C[C@@H]1C[C@H]1C(=O)NS(=O)(=O)c1cnn(-c2ccccc2F)c1. The van der Waals surface area contributed by atoms with Gasteiger partial charge in [0, 0.05) is 5.92 Å². The van der Waals surface area contributed by atoms with Crippen LogP contribution in [0, 0.1) is 17.7 Å². The Balaban J connectivity index is 1.84. The zero-order valence-electron chi connectivity index (χ0n) is 11.7. The smallest absolute Gasteiger partial charge is 0.267 e. The van der Waals surface area contributed by atoms with Gasteiger partial charge in [-0.05, 0) is 24.5 Å². The molecule has 8 heteroatoms. The maximum Gasteiger partial charge on any atom is 0.267 e. The van der Waals surface area contributed by atoms with Gasteiger partial charge in [-0.15, -0.1) is 0 Å². The second-order valence-electron chi connectivity index (χ2n) is 5.36. The molecular formula is C14H14FN3O3S. The first-order valence-electron chi connectivity index (χ1n) is 6.75. The van der Waals surface area contributed by atoms with Gasteiger partial charge in [-0.2, -0.15) is 5.10 Å². The van der Waals surface area contributed by atoms with E-state index in [1.54, 1.807) is 6.07 Å². The van der Waals surface area contributed by atoms with Gasteiger partial charge in [0.2, 0.25) is 5.91 Å². The molecule has 2 aromatic rings.